The molecule has 1 heterocycles. The molecule has 2 rings (SSSR count). The summed E-state index contributed by atoms with van der Waals surface area (Å²) in [6.07, 6.45) is 1.29. The summed E-state index contributed by atoms with van der Waals surface area (Å²) in [6, 6.07) is 6.44. The molecule has 7 nitrogen and oxygen atoms in total. The third-order valence-electron chi connectivity index (χ3n) is 4.01. The number of hydrogen-bond donors (Lipinski definition) is 2. The van der Waals surface area contributed by atoms with Gasteiger partial charge in [-0.1, -0.05) is 12.1 Å². The average molecular weight is 370 g/mol. The summed E-state index contributed by atoms with van der Waals surface area (Å²) in [5, 5.41) is 2.76. The van der Waals surface area contributed by atoms with Gasteiger partial charge >= 0.3 is 0 Å². The molecule has 0 aliphatic carbocycles. The molecule has 1 aliphatic heterocycles. The molecule has 1 fully saturated rings. The van der Waals surface area contributed by atoms with Gasteiger partial charge in [-0.05, 0) is 44.4 Å². The maximum atomic E-state index is 12.3. The Morgan fingerprint density at radius 3 is 2.68 bits per heavy atom. The molecule has 140 valence electrons. The van der Waals surface area contributed by atoms with E-state index in [0.717, 1.165) is 18.4 Å². The molecule has 0 spiro atoms. The maximum absolute atomic E-state index is 12.3. The fraction of sp³-hybridized carbons (Fsp3) is 0.588. The molecule has 25 heavy (non-hydrogen) atoms. The van der Waals surface area contributed by atoms with Gasteiger partial charge in [0.1, 0.15) is 6.10 Å². The molecule has 0 saturated carbocycles. The Morgan fingerprint density at radius 2 is 2.08 bits per heavy atom. The lowest BCUT2D eigenvalue weighted by Crippen LogP contribution is -2.34. The second-order valence-corrected chi connectivity index (χ2v) is 7.71. The molecule has 2 atom stereocenters. The molecule has 1 aromatic rings. The molecule has 2 unspecified atom stereocenters. The van der Waals surface area contributed by atoms with Crippen molar-refractivity contribution in [1.82, 2.24) is 10.0 Å². The summed E-state index contributed by atoms with van der Waals surface area (Å²) < 4.78 is 37.8. The fourth-order valence-electron chi connectivity index (χ4n) is 2.54. The van der Waals surface area contributed by atoms with E-state index in [9.17, 15) is 13.2 Å². The van der Waals surface area contributed by atoms with E-state index in [4.69, 9.17) is 9.47 Å². The minimum atomic E-state index is -3.55. The number of carbonyl (C=O) groups is 1. The Bertz CT molecular complexity index is 654. The summed E-state index contributed by atoms with van der Waals surface area (Å²) in [7, 11) is -3.55. The number of benzene rings is 1. The largest absolute Gasteiger partial charge is 0.377 e. The highest BCUT2D eigenvalue weighted by molar-refractivity contribution is 7.89. The molecule has 8 heteroatoms. The van der Waals surface area contributed by atoms with Gasteiger partial charge in [-0.3, -0.25) is 4.79 Å². The van der Waals surface area contributed by atoms with Crippen molar-refractivity contribution in [3.63, 3.8) is 0 Å². The normalized spacial score (nSPS) is 18.9. The lowest BCUT2D eigenvalue weighted by Gasteiger charge is -2.13. The van der Waals surface area contributed by atoms with Gasteiger partial charge in [-0.25, -0.2) is 13.1 Å². The number of amides is 1. The van der Waals surface area contributed by atoms with Crippen LogP contribution in [0.25, 0.3) is 0 Å². The molecule has 0 bridgehead atoms. The molecule has 1 amide bonds. The summed E-state index contributed by atoms with van der Waals surface area (Å²) in [4.78, 5) is 12.0. The van der Waals surface area contributed by atoms with Gasteiger partial charge < -0.3 is 14.8 Å². The van der Waals surface area contributed by atoms with Crippen molar-refractivity contribution in [2.24, 2.45) is 0 Å². The Morgan fingerprint density at radius 1 is 1.36 bits per heavy atom. The smallest absolute Gasteiger partial charge is 0.249 e. The SMILES string of the molecule is CCOC(C)C(=O)NCc1ccc(S(=O)(=O)NCC2CCCO2)cc1. The Balaban J connectivity index is 1.86. The number of nitrogens with one attached hydrogen (secondary N) is 2. The van der Waals surface area contributed by atoms with Crippen molar-refractivity contribution in [2.75, 3.05) is 19.8 Å². The van der Waals surface area contributed by atoms with Crippen LogP contribution in [0, 0.1) is 0 Å². The predicted octanol–water partition coefficient (Wildman–Crippen LogP) is 1.19. The van der Waals surface area contributed by atoms with Gasteiger partial charge in [0.05, 0.1) is 11.0 Å². The highest BCUT2D eigenvalue weighted by Crippen LogP contribution is 2.14. The molecular weight excluding hydrogens is 344 g/mol. The van der Waals surface area contributed by atoms with Crippen LogP contribution in [0.15, 0.2) is 29.2 Å². The number of hydrogen-bond acceptors (Lipinski definition) is 5. The van der Waals surface area contributed by atoms with Crippen LogP contribution in [0.2, 0.25) is 0 Å². The number of sulfonamides is 1. The molecule has 1 aliphatic rings. The summed E-state index contributed by atoms with van der Waals surface area (Å²) in [5.74, 6) is -0.197. The van der Waals surface area contributed by atoms with Crippen molar-refractivity contribution in [3.05, 3.63) is 29.8 Å². The minimum absolute atomic E-state index is 0.0448. The number of ether oxygens (including phenoxy) is 2. The van der Waals surface area contributed by atoms with E-state index >= 15 is 0 Å². The first kappa shape index (κ1) is 19.8. The zero-order valence-electron chi connectivity index (χ0n) is 14.7. The van der Waals surface area contributed by atoms with Crippen molar-refractivity contribution < 1.29 is 22.7 Å². The Labute approximate surface area is 149 Å². The van der Waals surface area contributed by atoms with Crippen LogP contribution >= 0.6 is 0 Å². The quantitative estimate of drug-likeness (QED) is 0.681. The van der Waals surface area contributed by atoms with E-state index in [1.807, 2.05) is 6.92 Å². The lowest BCUT2D eigenvalue weighted by atomic mass is 10.2. The predicted molar refractivity (Wildman–Crippen MR) is 93.5 cm³/mol. The highest BCUT2D eigenvalue weighted by Gasteiger charge is 2.20. The van der Waals surface area contributed by atoms with E-state index in [0.29, 0.717) is 19.8 Å². The van der Waals surface area contributed by atoms with E-state index in [1.165, 1.54) is 12.1 Å². The van der Waals surface area contributed by atoms with Crippen LogP contribution in [0.1, 0.15) is 32.3 Å². The average Bonchev–Trinajstić information content (AvgIpc) is 3.12. The van der Waals surface area contributed by atoms with E-state index in [-0.39, 0.29) is 23.5 Å². The Hall–Kier alpha value is -1.48. The van der Waals surface area contributed by atoms with Crippen molar-refractivity contribution in [2.45, 2.75) is 50.3 Å². The molecule has 2 N–H and O–H groups in total. The second kappa shape index (κ2) is 9.28. The van der Waals surface area contributed by atoms with E-state index < -0.39 is 16.1 Å². The third-order valence-corrected chi connectivity index (χ3v) is 5.45. The summed E-state index contributed by atoms with van der Waals surface area (Å²) in [6.45, 7) is 5.29. The van der Waals surface area contributed by atoms with Gasteiger partial charge in [-0.2, -0.15) is 0 Å². The van der Waals surface area contributed by atoms with Crippen molar-refractivity contribution in [1.29, 1.82) is 0 Å². The highest BCUT2D eigenvalue weighted by atomic mass is 32.2. The van der Waals surface area contributed by atoms with Crippen molar-refractivity contribution >= 4 is 15.9 Å². The summed E-state index contributed by atoms with van der Waals surface area (Å²) in [5.41, 5.74) is 0.815. The first-order valence-electron chi connectivity index (χ1n) is 8.52. The lowest BCUT2D eigenvalue weighted by molar-refractivity contribution is -0.131. The van der Waals surface area contributed by atoms with Crippen LogP contribution in [-0.4, -0.2) is 46.3 Å². The molecule has 0 aromatic heterocycles. The van der Waals surface area contributed by atoms with Gasteiger partial charge in [-0.15, -0.1) is 0 Å². The van der Waals surface area contributed by atoms with Crippen LogP contribution in [0.4, 0.5) is 0 Å². The van der Waals surface area contributed by atoms with Crippen LogP contribution in [0.3, 0.4) is 0 Å². The molecular formula is C17H26N2O5S. The van der Waals surface area contributed by atoms with Gasteiger partial charge in [0.25, 0.3) is 0 Å². The molecule has 1 aromatic carbocycles. The van der Waals surface area contributed by atoms with E-state index in [1.54, 1.807) is 19.1 Å². The maximum Gasteiger partial charge on any atom is 0.249 e. The van der Waals surface area contributed by atoms with Crippen LogP contribution < -0.4 is 10.0 Å². The molecule has 1 saturated heterocycles. The standard InChI is InChI=1S/C17H26N2O5S/c1-3-23-13(2)17(20)18-11-14-6-8-16(9-7-14)25(21,22)19-12-15-5-4-10-24-15/h6-9,13,15,19H,3-5,10-12H2,1-2H3,(H,18,20). The number of carbonyl (C=O) groups excluding carboxylic acids is 1. The second-order valence-electron chi connectivity index (χ2n) is 5.95. The molecule has 0 radical (unpaired) electrons. The minimum Gasteiger partial charge on any atom is -0.377 e. The third kappa shape index (κ3) is 6.07. The van der Waals surface area contributed by atoms with Crippen LogP contribution in [-0.2, 0) is 30.8 Å². The van der Waals surface area contributed by atoms with Gasteiger partial charge in [0.15, 0.2) is 0 Å². The van der Waals surface area contributed by atoms with Gasteiger partial charge in [0.2, 0.25) is 15.9 Å². The van der Waals surface area contributed by atoms with Gasteiger partial charge in [0, 0.05) is 26.3 Å². The first-order valence-corrected chi connectivity index (χ1v) is 10.00. The zero-order valence-corrected chi connectivity index (χ0v) is 15.5. The fourth-order valence-corrected chi connectivity index (χ4v) is 3.60. The first-order chi connectivity index (χ1) is 11.9. The Kier molecular flexibility index (Phi) is 7.37. The van der Waals surface area contributed by atoms with Crippen LogP contribution in [0.5, 0.6) is 0 Å². The number of rotatable bonds is 9. The van der Waals surface area contributed by atoms with Crippen molar-refractivity contribution in [3.8, 4) is 0 Å². The zero-order chi connectivity index (χ0) is 18.3. The topological polar surface area (TPSA) is 93.7 Å². The monoisotopic (exact) mass is 370 g/mol. The van der Waals surface area contributed by atoms with E-state index in [2.05, 4.69) is 10.0 Å². The summed E-state index contributed by atoms with van der Waals surface area (Å²) >= 11 is 0.